The Morgan fingerprint density at radius 1 is 1.60 bits per heavy atom. The average Bonchev–Trinajstić information content (AvgIpc) is 2.65. The highest BCUT2D eigenvalue weighted by Gasteiger charge is 2.03. The Kier molecular flexibility index (Phi) is 2.79. The van der Waals surface area contributed by atoms with E-state index in [1.54, 1.807) is 12.3 Å². The fourth-order valence-electron chi connectivity index (χ4n) is 1.19. The molecule has 1 N–H and O–H groups in total. The molecule has 2 aromatic rings. The summed E-state index contributed by atoms with van der Waals surface area (Å²) in [5.74, 6) is 0. The van der Waals surface area contributed by atoms with Crippen LogP contribution in [-0.2, 0) is 11.5 Å². The molecule has 0 saturated heterocycles. The molecule has 0 saturated carbocycles. The van der Waals surface area contributed by atoms with Crippen LogP contribution in [-0.4, -0.2) is 27.9 Å². The van der Waals surface area contributed by atoms with Crippen LogP contribution in [0.4, 0.5) is 0 Å². The van der Waals surface area contributed by atoms with E-state index in [1.165, 1.54) is 10.8 Å². The van der Waals surface area contributed by atoms with E-state index < -0.39 is 5.69 Å². The normalized spacial score (nSPS) is 11.0. The summed E-state index contributed by atoms with van der Waals surface area (Å²) in [5.41, 5.74) is -0.117. The first-order valence-electron chi connectivity index (χ1n) is 4.44. The van der Waals surface area contributed by atoms with Gasteiger partial charge in [0.05, 0.1) is 24.9 Å². The van der Waals surface area contributed by atoms with Crippen molar-refractivity contribution in [1.29, 1.82) is 0 Å². The zero-order valence-corrected chi connectivity index (χ0v) is 7.92. The topological polar surface area (TPSA) is 77.5 Å². The summed E-state index contributed by atoms with van der Waals surface area (Å²) in [5, 5.41) is 9.25. The summed E-state index contributed by atoms with van der Waals surface area (Å²) in [6, 6.07) is 1.71. The van der Waals surface area contributed by atoms with Crippen LogP contribution in [0, 0.1) is 0 Å². The van der Waals surface area contributed by atoms with Crippen LogP contribution in [0.3, 0.4) is 0 Å². The number of furan rings is 1. The molecular formula is C9H10N2O4. The minimum atomic E-state index is -0.435. The standard InChI is InChI=1S/C9H10N2O4/c12-2-4-14-6-11-5-7-1-3-15-8(7)10-9(11)13/h1,3,5,12H,2,4,6H2. The minimum Gasteiger partial charge on any atom is -0.446 e. The molecule has 0 atom stereocenters. The van der Waals surface area contributed by atoms with Crippen molar-refractivity contribution in [1.82, 2.24) is 9.55 Å². The number of ether oxygens (including phenoxy) is 1. The Labute approximate surface area is 84.7 Å². The average molecular weight is 210 g/mol. The number of aliphatic hydroxyl groups is 1. The predicted molar refractivity (Wildman–Crippen MR) is 51.3 cm³/mol. The number of fused-ring (bicyclic) bond motifs is 1. The summed E-state index contributed by atoms with van der Waals surface area (Å²) in [6.07, 6.45) is 3.07. The van der Waals surface area contributed by atoms with E-state index in [-0.39, 0.29) is 19.9 Å². The van der Waals surface area contributed by atoms with Crippen molar-refractivity contribution in [3.63, 3.8) is 0 Å². The maximum Gasteiger partial charge on any atom is 0.352 e. The molecule has 0 spiro atoms. The maximum absolute atomic E-state index is 11.4. The second-order valence-corrected chi connectivity index (χ2v) is 2.94. The lowest BCUT2D eigenvalue weighted by Crippen LogP contribution is -2.23. The zero-order valence-electron chi connectivity index (χ0n) is 7.92. The van der Waals surface area contributed by atoms with Gasteiger partial charge in [-0.2, -0.15) is 4.98 Å². The molecule has 2 aromatic heterocycles. The fourth-order valence-corrected chi connectivity index (χ4v) is 1.19. The fraction of sp³-hybridized carbons (Fsp3) is 0.333. The van der Waals surface area contributed by atoms with Crippen LogP contribution >= 0.6 is 0 Å². The highest BCUT2D eigenvalue weighted by Crippen LogP contribution is 2.08. The summed E-state index contributed by atoms with van der Waals surface area (Å²) in [4.78, 5) is 15.1. The molecular weight excluding hydrogens is 200 g/mol. The third kappa shape index (κ3) is 2.05. The van der Waals surface area contributed by atoms with E-state index in [9.17, 15) is 4.79 Å². The van der Waals surface area contributed by atoms with Crippen molar-refractivity contribution >= 4 is 11.1 Å². The van der Waals surface area contributed by atoms with Crippen LogP contribution < -0.4 is 5.69 Å². The van der Waals surface area contributed by atoms with Crippen LogP contribution in [0.25, 0.3) is 11.1 Å². The summed E-state index contributed by atoms with van der Waals surface area (Å²) in [7, 11) is 0. The first-order chi connectivity index (χ1) is 7.31. The van der Waals surface area contributed by atoms with Crippen molar-refractivity contribution in [3.05, 3.63) is 29.0 Å². The van der Waals surface area contributed by atoms with Gasteiger partial charge in [0, 0.05) is 6.20 Å². The number of aliphatic hydroxyl groups excluding tert-OH is 1. The van der Waals surface area contributed by atoms with Gasteiger partial charge in [0.2, 0.25) is 5.71 Å². The monoisotopic (exact) mass is 210 g/mol. The molecule has 80 valence electrons. The Hall–Kier alpha value is -1.66. The zero-order chi connectivity index (χ0) is 10.7. The number of hydrogen-bond donors (Lipinski definition) is 1. The summed E-state index contributed by atoms with van der Waals surface area (Å²) < 4.78 is 11.3. The summed E-state index contributed by atoms with van der Waals surface area (Å²) in [6.45, 7) is 0.194. The number of nitrogens with zero attached hydrogens (tertiary/aromatic N) is 2. The Balaban J connectivity index is 2.26. The largest absolute Gasteiger partial charge is 0.446 e. The molecule has 0 amide bonds. The van der Waals surface area contributed by atoms with Gasteiger partial charge < -0.3 is 14.3 Å². The highest BCUT2D eigenvalue weighted by atomic mass is 16.5. The van der Waals surface area contributed by atoms with Crippen molar-refractivity contribution in [2.75, 3.05) is 13.2 Å². The van der Waals surface area contributed by atoms with Crippen LogP contribution in [0.15, 0.2) is 27.7 Å². The van der Waals surface area contributed by atoms with Gasteiger partial charge in [-0.05, 0) is 6.07 Å². The molecule has 0 aromatic carbocycles. The first-order valence-corrected chi connectivity index (χ1v) is 4.44. The Bertz CT molecular complexity index is 502. The molecule has 6 nitrogen and oxygen atoms in total. The van der Waals surface area contributed by atoms with Crippen molar-refractivity contribution in [2.45, 2.75) is 6.73 Å². The van der Waals surface area contributed by atoms with Gasteiger partial charge in [0.25, 0.3) is 0 Å². The van der Waals surface area contributed by atoms with Crippen molar-refractivity contribution in [3.8, 4) is 0 Å². The maximum atomic E-state index is 11.4. The van der Waals surface area contributed by atoms with Crippen LogP contribution in [0.1, 0.15) is 0 Å². The van der Waals surface area contributed by atoms with Gasteiger partial charge in [0.15, 0.2) is 0 Å². The van der Waals surface area contributed by atoms with Gasteiger partial charge in [-0.1, -0.05) is 0 Å². The Morgan fingerprint density at radius 2 is 2.47 bits per heavy atom. The second-order valence-electron chi connectivity index (χ2n) is 2.94. The van der Waals surface area contributed by atoms with Gasteiger partial charge >= 0.3 is 5.69 Å². The SMILES string of the molecule is O=c1nc2occc2cn1COCCO. The first kappa shape index (κ1) is 9.88. The molecule has 2 rings (SSSR count). The predicted octanol–water partition coefficient (Wildman–Crippen LogP) is -0.0441. The van der Waals surface area contributed by atoms with E-state index in [1.807, 2.05) is 0 Å². The number of hydrogen-bond acceptors (Lipinski definition) is 5. The lowest BCUT2D eigenvalue weighted by molar-refractivity contribution is 0.0460. The molecule has 2 heterocycles. The van der Waals surface area contributed by atoms with E-state index in [0.717, 1.165) is 5.39 Å². The highest BCUT2D eigenvalue weighted by molar-refractivity contribution is 5.71. The van der Waals surface area contributed by atoms with Gasteiger partial charge in [-0.25, -0.2) is 4.79 Å². The lowest BCUT2D eigenvalue weighted by Gasteiger charge is -2.04. The lowest BCUT2D eigenvalue weighted by atomic mass is 10.4. The molecule has 0 aliphatic heterocycles. The van der Waals surface area contributed by atoms with E-state index in [0.29, 0.717) is 5.71 Å². The van der Waals surface area contributed by atoms with E-state index in [4.69, 9.17) is 14.3 Å². The third-order valence-electron chi connectivity index (χ3n) is 1.88. The van der Waals surface area contributed by atoms with Gasteiger partial charge in [-0.3, -0.25) is 4.57 Å². The van der Waals surface area contributed by atoms with Crippen LogP contribution in [0.5, 0.6) is 0 Å². The smallest absolute Gasteiger partial charge is 0.352 e. The third-order valence-corrected chi connectivity index (χ3v) is 1.88. The van der Waals surface area contributed by atoms with E-state index >= 15 is 0 Å². The van der Waals surface area contributed by atoms with E-state index in [2.05, 4.69) is 4.98 Å². The minimum absolute atomic E-state index is 0.0733. The van der Waals surface area contributed by atoms with Crippen LogP contribution in [0.2, 0.25) is 0 Å². The molecule has 6 heteroatoms. The molecule has 0 unspecified atom stereocenters. The Morgan fingerprint density at radius 3 is 3.27 bits per heavy atom. The van der Waals surface area contributed by atoms with Crippen molar-refractivity contribution in [2.24, 2.45) is 0 Å². The quantitative estimate of drug-likeness (QED) is 0.716. The van der Waals surface area contributed by atoms with Gasteiger partial charge in [0.1, 0.15) is 6.73 Å². The van der Waals surface area contributed by atoms with Crippen molar-refractivity contribution < 1.29 is 14.3 Å². The molecule has 0 bridgehead atoms. The second kappa shape index (κ2) is 4.24. The number of rotatable bonds is 4. The molecule has 0 radical (unpaired) electrons. The molecule has 15 heavy (non-hydrogen) atoms. The molecule has 0 aliphatic carbocycles. The summed E-state index contributed by atoms with van der Waals surface area (Å²) >= 11 is 0. The number of aromatic nitrogens is 2. The molecule has 0 fully saturated rings. The van der Waals surface area contributed by atoms with Gasteiger partial charge in [-0.15, -0.1) is 0 Å². The molecule has 0 aliphatic rings.